The molecule has 2 fully saturated rings. The Morgan fingerprint density at radius 1 is 1.00 bits per heavy atom. The van der Waals surface area contributed by atoms with E-state index in [1.807, 2.05) is 41.0 Å². The number of carbonyl (C=O) groups is 2. The van der Waals surface area contributed by atoms with Crippen LogP contribution in [0.2, 0.25) is 0 Å². The Balaban J connectivity index is 1.43. The number of rotatable bonds is 4. The fourth-order valence-corrected chi connectivity index (χ4v) is 3.53. The van der Waals surface area contributed by atoms with E-state index in [0.717, 1.165) is 44.5 Å². The molecule has 2 saturated heterocycles. The molecule has 2 aliphatic rings. The standard InChI is InChI=1S/C19H27N3O2/c1-15-4-6-17(7-5-15)20-14-18(23)21-12-8-16(9-13-21)19(24)22-10-2-3-11-22/h4-7,16,20H,2-3,8-14H2,1H3. The highest BCUT2D eigenvalue weighted by Crippen LogP contribution is 2.22. The topological polar surface area (TPSA) is 52.7 Å². The van der Waals surface area contributed by atoms with Crippen molar-refractivity contribution in [2.75, 3.05) is 38.0 Å². The summed E-state index contributed by atoms with van der Waals surface area (Å²) in [6.45, 7) is 5.57. The minimum Gasteiger partial charge on any atom is -0.376 e. The predicted molar refractivity (Wildman–Crippen MR) is 94.8 cm³/mol. The molecule has 2 heterocycles. The number of benzene rings is 1. The van der Waals surface area contributed by atoms with Crippen LogP contribution in [0.1, 0.15) is 31.2 Å². The third kappa shape index (κ3) is 4.08. The molecule has 0 atom stereocenters. The quantitative estimate of drug-likeness (QED) is 0.922. The van der Waals surface area contributed by atoms with Crippen LogP contribution in [0.25, 0.3) is 0 Å². The van der Waals surface area contributed by atoms with Gasteiger partial charge in [-0.15, -0.1) is 0 Å². The third-order valence-electron chi connectivity index (χ3n) is 5.11. The summed E-state index contributed by atoms with van der Waals surface area (Å²) in [5.74, 6) is 0.525. The average molecular weight is 329 g/mol. The van der Waals surface area contributed by atoms with Crippen molar-refractivity contribution in [1.29, 1.82) is 0 Å². The van der Waals surface area contributed by atoms with E-state index >= 15 is 0 Å². The number of amides is 2. The summed E-state index contributed by atoms with van der Waals surface area (Å²) >= 11 is 0. The zero-order valence-electron chi connectivity index (χ0n) is 14.5. The monoisotopic (exact) mass is 329 g/mol. The lowest BCUT2D eigenvalue weighted by molar-refractivity contribution is -0.139. The number of nitrogens with zero attached hydrogens (tertiary/aromatic N) is 2. The molecule has 24 heavy (non-hydrogen) atoms. The first-order valence-corrected chi connectivity index (χ1v) is 9.00. The highest BCUT2D eigenvalue weighted by molar-refractivity contribution is 5.82. The molecule has 0 bridgehead atoms. The van der Waals surface area contributed by atoms with Gasteiger partial charge in [0.15, 0.2) is 0 Å². The van der Waals surface area contributed by atoms with Gasteiger partial charge >= 0.3 is 0 Å². The Morgan fingerprint density at radius 2 is 1.62 bits per heavy atom. The second-order valence-corrected chi connectivity index (χ2v) is 6.91. The number of hydrogen-bond donors (Lipinski definition) is 1. The molecule has 0 radical (unpaired) electrons. The zero-order chi connectivity index (χ0) is 16.9. The molecule has 0 unspecified atom stereocenters. The van der Waals surface area contributed by atoms with E-state index in [-0.39, 0.29) is 11.8 Å². The number of carbonyl (C=O) groups excluding carboxylic acids is 2. The number of likely N-dealkylation sites (tertiary alicyclic amines) is 2. The fourth-order valence-electron chi connectivity index (χ4n) is 3.53. The molecule has 0 aliphatic carbocycles. The lowest BCUT2D eigenvalue weighted by atomic mass is 9.95. The summed E-state index contributed by atoms with van der Waals surface area (Å²) < 4.78 is 0. The molecular formula is C19H27N3O2. The van der Waals surface area contributed by atoms with E-state index in [2.05, 4.69) is 5.32 Å². The van der Waals surface area contributed by atoms with E-state index in [1.165, 1.54) is 5.56 Å². The van der Waals surface area contributed by atoms with Crippen molar-refractivity contribution in [2.24, 2.45) is 5.92 Å². The van der Waals surface area contributed by atoms with Crippen molar-refractivity contribution in [3.8, 4) is 0 Å². The van der Waals surface area contributed by atoms with Gasteiger partial charge in [0.05, 0.1) is 6.54 Å². The first-order valence-electron chi connectivity index (χ1n) is 9.00. The van der Waals surface area contributed by atoms with Crippen LogP contribution in [0, 0.1) is 12.8 Å². The van der Waals surface area contributed by atoms with Gasteiger partial charge in [0.25, 0.3) is 0 Å². The molecule has 3 rings (SSSR count). The van der Waals surface area contributed by atoms with Crippen LogP contribution in [-0.4, -0.2) is 54.3 Å². The summed E-state index contributed by atoms with van der Waals surface area (Å²) in [6, 6.07) is 8.04. The van der Waals surface area contributed by atoms with Crippen LogP contribution in [-0.2, 0) is 9.59 Å². The highest BCUT2D eigenvalue weighted by atomic mass is 16.2. The van der Waals surface area contributed by atoms with Crippen molar-refractivity contribution < 1.29 is 9.59 Å². The number of aryl methyl sites for hydroxylation is 1. The molecule has 1 aromatic carbocycles. The summed E-state index contributed by atoms with van der Waals surface area (Å²) in [5, 5.41) is 3.18. The average Bonchev–Trinajstić information content (AvgIpc) is 3.15. The molecule has 5 heteroatoms. The third-order valence-corrected chi connectivity index (χ3v) is 5.11. The summed E-state index contributed by atoms with van der Waals surface area (Å²) in [5.41, 5.74) is 2.17. The minimum absolute atomic E-state index is 0.109. The van der Waals surface area contributed by atoms with E-state index in [1.54, 1.807) is 0 Å². The van der Waals surface area contributed by atoms with Crippen molar-refractivity contribution in [2.45, 2.75) is 32.6 Å². The smallest absolute Gasteiger partial charge is 0.241 e. The molecule has 0 aromatic heterocycles. The Hall–Kier alpha value is -2.04. The van der Waals surface area contributed by atoms with Gasteiger partial charge in [0, 0.05) is 37.8 Å². The van der Waals surface area contributed by atoms with Gasteiger partial charge in [-0.25, -0.2) is 0 Å². The summed E-state index contributed by atoms with van der Waals surface area (Å²) in [6.07, 6.45) is 3.86. The largest absolute Gasteiger partial charge is 0.376 e. The Bertz CT molecular complexity index is 571. The first-order chi connectivity index (χ1) is 11.6. The van der Waals surface area contributed by atoms with Gasteiger partial charge in [-0.05, 0) is 44.7 Å². The van der Waals surface area contributed by atoms with E-state index in [9.17, 15) is 9.59 Å². The lowest BCUT2D eigenvalue weighted by Gasteiger charge is -2.33. The minimum atomic E-state index is 0.109. The van der Waals surface area contributed by atoms with Crippen LogP contribution in [0.5, 0.6) is 0 Å². The molecule has 5 nitrogen and oxygen atoms in total. The molecule has 130 valence electrons. The fraction of sp³-hybridized carbons (Fsp3) is 0.579. The lowest BCUT2D eigenvalue weighted by Crippen LogP contribution is -2.45. The van der Waals surface area contributed by atoms with E-state index in [4.69, 9.17) is 0 Å². The zero-order valence-corrected chi connectivity index (χ0v) is 14.5. The first kappa shape index (κ1) is 16.8. The van der Waals surface area contributed by atoms with Crippen molar-refractivity contribution in [3.63, 3.8) is 0 Å². The Kier molecular flexibility index (Phi) is 5.38. The SMILES string of the molecule is Cc1ccc(NCC(=O)N2CCC(C(=O)N3CCCC3)CC2)cc1. The van der Waals surface area contributed by atoms with Crippen LogP contribution in [0.4, 0.5) is 5.69 Å². The van der Waals surface area contributed by atoms with Crippen LogP contribution < -0.4 is 5.32 Å². The highest BCUT2D eigenvalue weighted by Gasteiger charge is 2.30. The maximum atomic E-state index is 12.4. The Morgan fingerprint density at radius 3 is 2.25 bits per heavy atom. The normalized spacial score (nSPS) is 18.7. The van der Waals surface area contributed by atoms with Gasteiger partial charge < -0.3 is 15.1 Å². The molecular weight excluding hydrogens is 302 g/mol. The number of hydrogen-bond acceptors (Lipinski definition) is 3. The van der Waals surface area contributed by atoms with E-state index < -0.39 is 0 Å². The molecule has 0 saturated carbocycles. The summed E-state index contributed by atoms with van der Waals surface area (Å²) in [7, 11) is 0. The molecule has 0 spiro atoms. The maximum Gasteiger partial charge on any atom is 0.241 e. The Labute approximate surface area is 144 Å². The van der Waals surface area contributed by atoms with Crippen LogP contribution in [0.15, 0.2) is 24.3 Å². The summed E-state index contributed by atoms with van der Waals surface area (Å²) in [4.78, 5) is 28.6. The predicted octanol–water partition coefficient (Wildman–Crippen LogP) is 2.27. The second kappa shape index (κ2) is 7.69. The van der Waals surface area contributed by atoms with Gasteiger partial charge in [-0.3, -0.25) is 9.59 Å². The van der Waals surface area contributed by atoms with Gasteiger partial charge in [-0.2, -0.15) is 0 Å². The van der Waals surface area contributed by atoms with Crippen molar-refractivity contribution in [3.05, 3.63) is 29.8 Å². The molecule has 2 aliphatic heterocycles. The molecule has 1 aromatic rings. The second-order valence-electron chi connectivity index (χ2n) is 6.91. The van der Waals surface area contributed by atoms with Crippen molar-refractivity contribution >= 4 is 17.5 Å². The number of piperidine rings is 1. The molecule has 2 amide bonds. The van der Waals surface area contributed by atoms with Crippen molar-refractivity contribution in [1.82, 2.24) is 9.80 Å². The maximum absolute atomic E-state index is 12.4. The van der Waals surface area contributed by atoms with Crippen LogP contribution in [0.3, 0.4) is 0 Å². The molecule has 1 N–H and O–H groups in total. The number of anilines is 1. The van der Waals surface area contributed by atoms with Gasteiger partial charge in [0.2, 0.25) is 11.8 Å². The van der Waals surface area contributed by atoms with Gasteiger partial charge in [0.1, 0.15) is 0 Å². The van der Waals surface area contributed by atoms with E-state index in [0.29, 0.717) is 25.5 Å². The van der Waals surface area contributed by atoms with Gasteiger partial charge in [-0.1, -0.05) is 17.7 Å². The number of nitrogens with one attached hydrogen (secondary N) is 1. The van der Waals surface area contributed by atoms with Crippen LogP contribution >= 0.6 is 0 Å².